The third-order valence-corrected chi connectivity index (χ3v) is 10.6. The van der Waals surface area contributed by atoms with Crippen molar-refractivity contribution in [1.82, 2.24) is 0 Å². The molecule has 3 saturated carbocycles. The van der Waals surface area contributed by atoms with E-state index in [0.29, 0.717) is 30.0 Å². The molecule has 0 aromatic rings. The quantitative estimate of drug-likeness (QED) is 0.521. The SMILES string of the molecule is C[I-]C(C)(C)C1(C)CC2C3CCC(C3)C2C1. The third kappa shape index (κ3) is 1.45. The van der Waals surface area contributed by atoms with Crippen LogP contribution in [0.4, 0.5) is 0 Å². The van der Waals surface area contributed by atoms with Gasteiger partial charge >= 0.3 is 112 Å². The normalized spacial score (nSPS) is 51.2. The second-order valence-corrected chi connectivity index (χ2v) is 11.1. The molecule has 0 spiro atoms. The van der Waals surface area contributed by atoms with E-state index in [9.17, 15) is 0 Å². The zero-order valence-electron chi connectivity index (χ0n) is 11.2. The molecular weight excluding hydrogens is 307 g/mol. The van der Waals surface area contributed by atoms with Crippen LogP contribution in [0.5, 0.6) is 0 Å². The summed E-state index contributed by atoms with van der Waals surface area (Å²) in [6, 6.07) is 0. The molecule has 16 heavy (non-hydrogen) atoms. The molecular formula is C15H26I-. The maximum absolute atomic E-state index is 2.62. The molecule has 94 valence electrons. The number of alkyl halides is 2. The Labute approximate surface area is 111 Å². The second kappa shape index (κ2) is 3.61. The van der Waals surface area contributed by atoms with Crippen LogP contribution in [-0.2, 0) is 0 Å². The van der Waals surface area contributed by atoms with E-state index in [4.69, 9.17) is 0 Å². The molecule has 0 N–H and O–H groups in total. The van der Waals surface area contributed by atoms with Crippen molar-refractivity contribution < 1.29 is 21.2 Å². The summed E-state index contributed by atoms with van der Waals surface area (Å²) in [6.45, 7) is 7.74. The Kier molecular flexibility index (Phi) is 2.67. The van der Waals surface area contributed by atoms with Crippen molar-refractivity contribution >= 4 is 0 Å². The van der Waals surface area contributed by atoms with Gasteiger partial charge < -0.3 is 0 Å². The molecule has 0 nitrogen and oxygen atoms in total. The van der Waals surface area contributed by atoms with E-state index in [1.165, 1.54) is 0 Å². The standard InChI is InChI=1S/C15H26I/c1-14(2,16-4)15(3)8-12-10-5-6-11(7-10)13(12)9-15/h10-13H,5-9H2,1-4H3/q-1. The summed E-state index contributed by atoms with van der Waals surface area (Å²) in [5.74, 6) is 4.56. The van der Waals surface area contributed by atoms with Gasteiger partial charge in [-0.05, 0) is 0 Å². The van der Waals surface area contributed by atoms with Crippen molar-refractivity contribution in [3.8, 4) is 0 Å². The van der Waals surface area contributed by atoms with E-state index in [1.54, 1.807) is 32.1 Å². The molecule has 3 aliphatic rings. The zero-order chi connectivity index (χ0) is 11.6. The van der Waals surface area contributed by atoms with E-state index >= 15 is 0 Å². The minimum absolute atomic E-state index is 0.370. The average molecular weight is 333 g/mol. The second-order valence-electron chi connectivity index (χ2n) is 7.29. The zero-order valence-corrected chi connectivity index (χ0v) is 13.4. The minimum atomic E-state index is 0.370. The number of hydrogen-bond acceptors (Lipinski definition) is 0. The fourth-order valence-corrected chi connectivity index (χ4v) is 6.75. The van der Waals surface area contributed by atoms with Gasteiger partial charge in [0.1, 0.15) is 0 Å². The first-order valence-corrected chi connectivity index (χ1v) is 10.2. The van der Waals surface area contributed by atoms with Gasteiger partial charge in [0.2, 0.25) is 0 Å². The van der Waals surface area contributed by atoms with Gasteiger partial charge in [0.15, 0.2) is 0 Å². The van der Waals surface area contributed by atoms with Crippen molar-refractivity contribution in [3.63, 3.8) is 0 Å². The Morgan fingerprint density at radius 3 is 2.00 bits per heavy atom. The van der Waals surface area contributed by atoms with E-state index < -0.39 is 0 Å². The summed E-state index contributed by atoms with van der Waals surface area (Å²) in [4.78, 5) is 2.49. The number of rotatable bonds is 2. The van der Waals surface area contributed by atoms with Gasteiger partial charge in [-0.1, -0.05) is 0 Å². The monoisotopic (exact) mass is 333 g/mol. The first-order chi connectivity index (χ1) is 7.47. The van der Waals surface area contributed by atoms with Crippen molar-refractivity contribution in [3.05, 3.63) is 0 Å². The molecule has 0 amide bonds. The molecule has 3 aliphatic carbocycles. The Hall–Kier alpha value is 0.730. The number of fused-ring (bicyclic) bond motifs is 5. The van der Waals surface area contributed by atoms with Crippen LogP contribution in [0.1, 0.15) is 52.9 Å². The van der Waals surface area contributed by atoms with Gasteiger partial charge in [-0.3, -0.25) is 0 Å². The van der Waals surface area contributed by atoms with Gasteiger partial charge in [0.05, 0.1) is 0 Å². The maximum atomic E-state index is 2.62. The first kappa shape index (κ1) is 11.8. The summed E-state index contributed by atoms with van der Waals surface area (Å²) in [6.07, 6.45) is 7.89. The van der Waals surface area contributed by atoms with Crippen LogP contribution >= 0.6 is 0 Å². The molecule has 0 aromatic carbocycles. The predicted molar refractivity (Wildman–Crippen MR) is 65.2 cm³/mol. The van der Waals surface area contributed by atoms with Crippen molar-refractivity contribution in [1.29, 1.82) is 0 Å². The van der Waals surface area contributed by atoms with Gasteiger partial charge in [-0.25, -0.2) is 0 Å². The van der Waals surface area contributed by atoms with Crippen LogP contribution in [0.15, 0.2) is 0 Å². The average Bonchev–Trinajstić information content (AvgIpc) is 2.87. The molecule has 4 unspecified atom stereocenters. The summed E-state index contributed by atoms with van der Waals surface area (Å²) < 4.78 is 0.662. The van der Waals surface area contributed by atoms with Crippen molar-refractivity contribution in [2.24, 2.45) is 29.1 Å². The van der Waals surface area contributed by atoms with E-state index in [2.05, 4.69) is 25.7 Å². The van der Waals surface area contributed by atoms with Crippen LogP contribution in [-0.4, -0.2) is 8.35 Å². The van der Waals surface area contributed by atoms with E-state index in [0.717, 1.165) is 23.7 Å². The summed E-state index contributed by atoms with van der Waals surface area (Å²) in [5, 5.41) is 0. The van der Waals surface area contributed by atoms with Gasteiger partial charge in [0, 0.05) is 0 Å². The molecule has 0 radical (unpaired) electrons. The Morgan fingerprint density at radius 1 is 1.06 bits per heavy atom. The summed E-state index contributed by atoms with van der Waals surface area (Å²) in [5.41, 5.74) is 0.686. The first-order valence-electron chi connectivity index (χ1n) is 6.97. The molecule has 0 aliphatic heterocycles. The predicted octanol–water partition coefficient (Wildman–Crippen LogP) is 0.946. The molecule has 1 heteroatoms. The topological polar surface area (TPSA) is 0 Å². The summed E-state index contributed by atoms with van der Waals surface area (Å²) in [7, 11) is 0. The Morgan fingerprint density at radius 2 is 1.56 bits per heavy atom. The summed E-state index contributed by atoms with van der Waals surface area (Å²) >= 11 is 0.370. The molecule has 3 fully saturated rings. The Bertz CT molecular complexity index is 276. The molecule has 0 heterocycles. The van der Waals surface area contributed by atoms with Crippen molar-refractivity contribution in [2.45, 2.75) is 56.3 Å². The van der Waals surface area contributed by atoms with Crippen molar-refractivity contribution in [2.75, 3.05) is 4.93 Å². The van der Waals surface area contributed by atoms with Crippen LogP contribution in [0.2, 0.25) is 0 Å². The van der Waals surface area contributed by atoms with Crippen LogP contribution in [0.25, 0.3) is 0 Å². The molecule has 0 aromatic heterocycles. The van der Waals surface area contributed by atoms with Crippen LogP contribution in [0, 0.1) is 29.1 Å². The van der Waals surface area contributed by atoms with Crippen LogP contribution in [0.3, 0.4) is 0 Å². The van der Waals surface area contributed by atoms with E-state index in [-0.39, 0.29) is 0 Å². The molecule has 3 rings (SSSR count). The van der Waals surface area contributed by atoms with Gasteiger partial charge in [-0.2, -0.15) is 0 Å². The molecule has 0 saturated heterocycles. The fourth-order valence-electron chi connectivity index (χ4n) is 5.00. The van der Waals surface area contributed by atoms with Gasteiger partial charge in [0.25, 0.3) is 0 Å². The molecule has 2 bridgehead atoms. The number of hydrogen-bond donors (Lipinski definition) is 0. The number of halogens is 1. The molecule has 4 atom stereocenters. The van der Waals surface area contributed by atoms with Gasteiger partial charge in [-0.15, -0.1) is 0 Å². The Balaban J connectivity index is 1.83. The fraction of sp³-hybridized carbons (Fsp3) is 1.00. The van der Waals surface area contributed by atoms with Crippen LogP contribution < -0.4 is 21.2 Å². The third-order valence-electron chi connectivity index (χ3n) is 6.55. The van der Waals surface area contributed by atoms with E-state index in [1.807, 2.05) is 0 Å².